The van der Waals surface area contributed by atoms with Gasteiger partial charge in [-0.25, -0.2) is 0 Å². The van der Waals surface area contributed by atoms with Crippen molar-refractivity contribution in [3.63, 3.8) is 0 Å². The van der Waals surface area contributed by atoms with Gasteiger partial charge >= 0.3 is 0 Å². The van der Waals surface area contributed by atoms with Crippen LogP contribution >= 0.6 is 0 Å². The van der Waals surface area contributed by atoms with E-state index in [0.29, 0.717) is 5.56 Å². The second-order valence-electron chi connectivity index (χ2n) is 7.30. The minimum atomic E-state index is -2.79. The summed E-state index contributed by atoms with van der Waals surface area (Å²) in [6.45, 7) is 0. The van der Waals surface area contributed by atoms with Gasteiger partial charge in [-0.15, -0.1) is 0 Å². The number of carbonyl (C=O) groups excluding carboxylic acids is 3. The van der Waals surface area contributed by atoms with Crippen LogP contribution in [0.3, 0.4) is 0 Å². The number of phenolic OH excluding ortho intramolecular Hbond substituents is 1. The minimum absolute atomic E-state index is 0.0595. The van der Waals surface area contributed by atoms with Gasteiger partial charge in [0.15, 0.2) is 11.4 Å². The highest BCUT2D eigenvalue weighted by Gasteiger charge is 2.63. The van der Waals surface area contributed by atoms with Crippen molar-refractivity contribution >= 4 is 17.5 Å². The Kier molecular flexibility index (Phi) is 3.68. The van der Waals surface area contributed by atoms with Crippen LogP contribution in [0.15, 0.2) is 40.9 Å². The van der Waals surface area contributed by atoms with E-state index in [1.54, 1.807) is 6.07 Å². The lowest BCUT2D eigenvalue weighted by Crippen LogP contribution is -2.62. The Bertz CT molecular complexity index is 1020. The Morgan fingerprint density at radius 3 is 2.46 bits per heavy atom. The molecule has 0 saturated carbocycles. The average Bonchev–Trinajstić information content (AvgIpc) is 2.62. The molecule has 0 bridgehead atoms. The molecule has 146 valence electrons. The molecule has 7 N–H and O–H groups in total. The predicted molar refractivity (Wildman–Crippen MR) is 92.2 cm³/mol. The number of hydrogen-bond donors (Lipinski definition) is 6. The molecule has 1 amide bonds. The normalized spacial score (nSPS) is 32.0. The fourth-order valence-corrected chi connectivity index (χ4v) is 4.57. The number of carbonyl (C=O) groups is 3. The van der Waals surface area contributed by atoms with E-state index in [2.05, 4.69) is 0 Å². The number of aromatic hydroxyl groups is 1. The molecule has 0 spiro atoms. The van der Waals surface area contributed by atoms with Gasteiger partial charge in [0.1, 0.15) is 22.8 Å². The zero-order valence-corrected chi connectivity index (χ0v) is 14.4. The molecule has 4 rings (SSSR count). The molecule has 1 aromatic rings. The maximum Gasteiger partial charge on any atom is 0.255 e. The minimum Gasteiger partial charge on any atom is -0.511 e. The highest BCUT2D eigenvalue weighted by Crippen LogP contribution is 2.51. The lowest BCUT2D eigenvalue weighted by molar-refractivity contribution is -0.154. The number of hydrogen-bond acceptors (Lipinski definition) is 8. The van der Waals surface area contributed by atoms with Crippen LogP contribution in [0.5, 0.6) is 5.75 Å². The number of allylic oxidation sites excluding steroid dienone is 1. The number of amides is 1. The highest BCUT2D eigenvalue weighted by molar-refractivity contribution is 6.24. The van der Waals surface area contributed by atoms with E-state index in [0.717, 1.165) is 0 Å². The Morgan fingerprint density at radius 2 is 1.82 bits per heavy atom. The first-order valence-electron chi connectivity index (χ1n) is 8.57. The molecule has 1 unspecified atom stereocenters. The number of ketones is 2. The fourth-order valence-electron chi connectivity index (χ4n) is 4.57. The van der Waals surface area contributed by atoms with Crippen LogP contribution in [0.1, 0.15) is 22.3 Å². The quantitative estimate of drug-likeness (QED) is 0.351. The van der Waals surface area contributed by atoms with Crippen LogP contribution in [0.4, 0.5) is 0 Å². The van der Waals surface area contributed by atoms with E-state index >= 15 is 0 Å². The van der Waals surface area contributed by atoms with E-state index in [4.69, 9.17) is 5.73 Å². The number of fused-ring (bicyclic) bond motifs is 3. The van der Waals surface area contributed by atoms with Gasteiger partial charge in [-0.1, -0.05) is 12.1 Å². The van der Waals surface area contributed by atoms with Crippen molar-refractivity contribution in [2.24, 2.45) is 17.6 Å². The number of rotatable bonds is 1. The number of Topliss-reactive ketones (excluding diaryl/α,β-unsaturated/α-hetero) is 2. The first-order chi connectivity index (χ1) is 13.1. The van der Waals surface area contributed by atoms with Crippen molar-refractivity contribution in [1.82, 2.24) is 0 Å². The number of phenols is 1. The van der Waals surface area contributed by atoms with E-state index in [1.165, 1.54) is 12.1 Å². The van der Waals surface area contributed by atoms with Gasteiger partial charge in [-0.3, -0.25) is 14.4 Å². The molecule has 3 aliphatic rings. The van der Waals surface area contributed by atoms with Crippen molar-refractivity contribution in [2.45, 2.75) is 24.5 Å². The van der Waals surface area contributed by atoms with Crippen LogP contribution in [-0.4, -0.2) is 54.7 Å². The van der Waals surface area contributed by atoms with Gasteiger partial charge in [0.25, 0.3) is 5.91 Å². The van der Waals surface area contributed by atoms with Crippen molar-refractivity contribution in [2.75, 3.05) is 0 Å². The third-order valence-electron chi connectivity index (χ3n) is 5.91. The Hall–Kier alpha value is -3.17. The number of benzene rings is 1. The van der Waals surface area contributed by atoms with Gasteiger partial charge in [0.05, 0.1) is 11.7 Å². The molecule has 9 heteroatoms. The van der Waals surface area contributed by atoms with Gasteiger partial charge in [-0.05, 0) is 18.1 Å². The Balaban J connectivity index is 1.96. The maximum absolute atomic E-state index is 13.0. The molecule has 3 aliphatic carbocycles. The summed E-state index contributed by atoms with van der Waals surface area (Å²) in [5, 5.41) is 52.7. The van der Waals surface area contributed by atoms with Crippen molar-refractivity contribution in [1.29, 1.82) is 0 Å². The standard InChI is InChI=1S/C19H17NO8/c20-18(27)13-10(22)5-8-14(23)7-4-6-2-1-3-9(21)11(6)15(24)12(7)16(25)19(8,28)17(13)26/h1-3,7-8,14,21-23,25,28H,4-5H2,(H2,20,27)/t7?,8-,14-,19+/m1/s1. The van der Waals surface area contributed by atoms with Crippen LogP contribution in [0.2, 0.25) is 0 Å². The molecule has 0 fully saturated rings. The Morgan fingerprint density at radius 1 is 1.14 bits per heavy atom. The van der Waals surface area contributed by atoms with Crippen molar-refractivity contribution < 1.29 is 39.9 Å². The first kappa shape index (κ1) is 18.2. The summed E-state index contributed by atoms with van der Waals surface area (Å²) in [5.41, 5.74) is 1.37. The van der Waals surface area contributed by atoms with E-state index in [9.17, 15) is 39.9 Å². The van der Waals surface area contributed by atoms with Crippen LogP contribution < -0.4 is 5.73 Å². The molecule has 28 heavy (non-hydrogen) atoms. The zero-order valence-electron chi connectivity index (χ0n) is 14.4. The SMILES string of the molecule is NC(=O)C1=C(O)C[C@@H]2[C@H](O)C3Cc4cccc(O)c4C(=O)C3=C(O)[C@]2(O)C1=O. The smallest absolute Gasteiger partial charge is 0.255 e. The van der Waals surface area contributed by atoms with E-state index in [1.807, 2.05) is 0 Å². The molecule has 0 radical (unpaired) electrons. The van der Waals surface area contributed by atoms with Crippen LogP contribution in [0.25, 0.3) is 0 Å². The molecule has 0 aromatic heterocycles. The van der Waals surface area contributed by atoms with Crippen LogP contribution in [-0.2, 0) is 16.0 Å². The predicted octanol–water partition coefficient (Wildman–Crippen LogP) is -0.449. The lowest BCUT2D eigenvalue weighted by atomic mass is 9.59. The summed E-state index contributed by atoms with van der Waals surface area (Å²) in [6, 6.07) is 4.39. The molecule has 4 atom stereocenters. The zero-order chi connectivity index (χ0) is 20.5. The van der Waals surface area contributed by atoms with Crippen LogP contribution in [0, 0.1) is 11.8 Å². The number of nitrogens with two attached hydrogens (primary N) is 1. The third kappa shape index (κ3) is 2.05. The topological polar surface area (TPSA) is 178 Å². The number of aliphatic hydroxyl groups is 4. The second kappa shape index (κ2) is 5.66. The largest absolute Gasteiger partial charge is 0.511 e. The third-order valence-corrected chi connectivity index (χ3v) is 5.91. The van der Waals surface area contributed by atoms with Gasteiger partial charge in [0.2, 0.25) is 5.78 Å². The maximum atomic E-state index is 13.0. The second-order valence-corrected chi connectivity index (χ2v) is 7.30. The summed E-state index contributed by atoms with van der Waals surface area (Å²) in [4.78, 5) is 37.3. The summed E-state index contributed by atoms with van der Waals surface area (Å²) < 4.78 is 0. The molecule has 0 aliphatic heterocycles. The monoisotopic (exact) mass is 387 g/mol. The molecule has 1 aromatic carbocycles. The van der Waals surface area contributed by atoms with E-state index in [-0.39, 0.29) is 17.7 Å². The van der Waals surface area contributed by atoms with Crippen molar-refractivity contribution in [3.05, 3.63) is 52.0 Å². The van der Waals surface area contributed by atoms with E-state index < -0.39 is 70.1 Å². The van der Waals surface area contributed by atoms with Crippen molar-refractivity contribution in [3.8, 4) is 5.75 Å². The van der Waals surface area contributed by atoms with Gasteiger partial charge in [-0.2, -0.15) is 0 Å². The molecule has 0 heterocycles. The number of aliphatic hydroxyl groups excluding tert-OH is 3. The van der Waals surface area contributed by atoms with Gasteiger partial charge in [0, 0.05) is 23.8 Å². The number of primary amides is 1. The van der Waals surface area contributed by atoms with Gasteiger partial charge < -0.3 is 31.3 Å². The molecular formula is C19H17NO8. The highest BCUT2D eigenvalue weighted by atomic mass is 16.4. The molecular weight excluding hydrogens is 370 g/mol. The lowest BCUT2D eigenvalue weighted by Gasteiger charge is -2.48. The summed E-state index contributed by atoms with van der Waals surface area (Å²) in [5.74, 6) is -7.90. The first-order valence-corrected chi connectivity index (χ1v) is 8.57. The molecule has 9 nitrogen and oxygen atoms in total. The fraction of sp³-hybridized carbons (Fsp3) is 0.316. The Labute approximate surface area is 158 Å². The average molecular weight is 387 g/mol. The summed E-state index contributed by atoms with van der Waals surface area (Å²) in [7, 11) is 0. The summed E-state index contributed by atoms with van der Waals surface area (Å²) in [6.07, 6.45) is -1.92. The molecule has 0 saturated heterocycles. The summed E-state index contributed by atoms with van der Waals surface area (Å²) >= 11 is 0.